The first-order valence-corrected chi connectivity index (χ1v) is 8.90. The lowest BCUT2D eigenvalue weighted by Crippen LogP contribution is -2.35. The first-order valence-electron chi connectivity index (χ1n) is 8.90. The average molecular weight is 330 g/mol. The van der Waals surface area contributed by atoms with Crippen molar-refractivity contribution in [1.82, 2.24) is 0 Å². The van der Waals surface area contributed by atoms with E-state index >= 15 is 0 Å². The van der Waals surface area contributed by atoms with Gasteiger partial charge in [0.1, 0.15) is 5.60 Å². The number of aryl methyl sites for hydroxylation is 2. The minimum atomic E-state index is -0.614. The minimum absolute atomic E-state index is 0.0859. The van der Waals surface area contributed by atoms with Crippen molar-refractivity contribution in [3.8, 4) is 0 Å². The largest absolute Gasteiger partial charge is 0.358 e. The van der Waals surface area contributed by atoms with Gasteiger partial charge in [-0.1, -0.05) is 90.0 Å². The third-order valence-corrected chi connectivity index (χ3v) is 4.51. The zero-order chi connectivity index (χ0) is 17.9. The number of benzene rings is 3. The van der Waals surface area contributed by atoms with E-state index in [4.69, 9.17) is 4.74 Å². The highest BCUT2D eigenvalue weighted by atomic mass is 16.5. The van der Waals surface area contributed by atoms with Crippen LogP contribution in [0.3, 0.4) is 0 Å². The quantitative estimate of drug-likeness (QED) is 0.520. The van der Waals surface area contributed by atoms with Gasteiger partial charge in [-0.2, -0.15) is 0 Å². The molecule has 3 rings (SSSR count). The van der Waals surface area contributed by atoms with Crippen LogP contribution < -0.4 is 0 Å². The maximum Gasteiger partial charge on any atom is 0.144 e. The van der Waals surface area contributed by atoms with Crippen LogP contribution in [0.2, 0.25) is 0 Å². The topological polar surface area (TPSA) is 9.23 Å². The molecule has 0 unspecified atom stereocenters. The monoisotopic (exact) mass is 330 g/mol. The van der Waals surface area contributed by atoms with Crippen molar-refractivity contribution < 1.29 is 4.74 Å². The molecule has 0 amide bonds. The molecule has 1 nitrogen and oxygen atoms in total. The highest BCUT2D eigenvalue weighted by Gasteiger charge is 2.38. The molecule has 1 heteroatoms. The predicted molar refractivity (Wildman–Crippen MR) is 105 cm³/mol. The summed E-state index contributed by atoms with van der Waals surface area (Å²) in [5, 5.41) is 0. The second-order valence-corrected chi connectivity index (χ2v) is 6.95. The minimum Gasteiger partial charge on any atom is -0.358 e. The van der Waals surface area contributed by atoms with Gasteiger partial charge in [0.05, 0.1) is 6.10 Å². The molecule has 0 aromatic heterocycles. The van der Waals surface area contributed by atoms with Gasteiger partial charge in [0.15, 0.2) is 0 Å². The second kappa shape index (κ2) is 7.25. The summed E-state index contributed by atoms with van der Waals surface area (Å²) < 4.78 is 6.68. The van der Waals surface area contributed by atoms with Crippen molar-refractivity contribution in [2.24, 2.45) is 0 Å². The first kappa shape index (κ1) is 17.4. The third-order valence-electron chi connectivity index (χ3n) is 4.51. The van der Waals surface area contributed by atoms with Crippen LogP contribution in [0.25, 0.3) is 0 Å². The smallest absolute Gasteiger partial charge is 0.144 e. The Morgan fingerprint density at radius 3 is 1.40 bits per heavy atom. The molecule has 0 N–H and O–H groups in total. The van der Waals surface area contributed by atoms with Gasteiger partial charge < -0.3 is 4.74 Å². The van der Waals surface area contributed by atoms with Crippen molar-refractivity contribution >= 4 is 0 Å². The molecule has 0 heterocycles. The van der Waals surface area contributed by atoms with Gasteiger partial charge >= 0.3 is 0 Å². The Kier molecular flexibility index (Phi) is 5.06. The highest BCUT2D eigenvalue weighted by molar-refractivity contribution is 5.48. The van der Waals surface area contributed by atoms with Crippen molar-refractivity contribution in [2.45, 2.75) is 39.4 Å². The van der Waals surface area contributed by atoms with Crippen LogP contribution in [0.4, 0.5) is 0 Å². The lowest BCUT2D eigenvalue weighted by molar-refractivity contribution is -0.0293. The van der Waals surface area contributed by atoms with E-state index in [0.29, 0.717) is 0 Å². The van der Waals surface area contributed by atoms with E-state index < -0.39 is 5.60 Å². The van der Waals surface area contributed by atoms with E-state index in [0.717, 1.165) is 16.7 Å². The van der Waals surface area contributed by atoms with Crippen LogP contribution in [0.15, 0.2) is 78.9 Å². The highest BCUT2D eigenvalue weighted by Crippen LogP contribution is 2.41. The SMILES string of the molecule is Cc1ccc(C(OC(C)C)(c2ccccc2)c2ccc(C)cc2)cc1. The molecular formula is C24H26O. The van der Waals surface area contributed by atoms with Gasteiger partial charge in [-0.05, 0) is 44.4 Å². The number of hydrogen-bond donors (Lipinski definition) is 0. The summed E-state index contributed by atoms with van der Waals surface area (Å²) in [6.45, 7) is 8.42. The zero-order valence-corrected chi connectivity index (χ0v) is 15.5. The molecular weight excluding hydrogens is 304 g/mol. The van der Waals surface area contributed by atoms with Gasteiger partial charge in [0.2, 0.25) is 0 Å². The maximum absolute atomic E-state index is 6.68. The van der Waals surface area contributed by atoms with Crippen LogP contribution in [-0.2, 0) is 10.3 Å². The van der Waals surface area contributed by atoms with Gasteiger partial charge in [0.25, 0.3) is 0 Å². The fraction of sp³-hybridized carbons (Fsp3) is 0.250. The molecule has 0 aliphatic heterocycles. The van der Waals surface area contributed by atoms with Crippen molar-refractivity contribution in [1.29, 1.82) is 0 Å². The van der Waals surface area contributed by atoms with Gasteiger partial charge in [-0.3, -0.25) is 0 Å². The fourth-order valence-corrected chi connectivity index (χ4v) is 3.31. The summed E-state index contributed by atoms with van der Waals surface area (Å²) >= 11 is 0. The summed E-state index contributed by atoms with van der Waals surface area (Å²) in [6.07, 6.45) is 0.0859. The van der Waals surface area contributed by atoms with Crippen molar-refractivity contribution in [3.05, 3.63) is 107 Å². The zero-order valence-electron chi connectivity index (χ0n) is 15.5. The Morgan fingerprint density at radius 2 is 1.00 bits per heavy atom. The number of rotatable bonds is 5. The standard InChI is InChI=1S/C24H26O/c1-18(2)25-24(21-8-6-5-7-9-21,22-14-10-19(3)11-15-22)23-16-12-20(4)13-17-23/h5-18H,1-4H3. The Balaban J connectivity index is 2.30. The molecule has 3 aromatic carbocycles. The molecule has 0 radical (unpaired) electrons. The van der Waals surface area contributed by atoms with Gasteiger partial charge in [0, 0.05) is 0 Å². The number of hydrogen-bond acceptors (Lipinski definition) is 1. The van der Waals surface area contributed by atoms with Crippen molar-refractivity contribution in [3.63, 3.8) is 0 Å². The normalized spacial score (nSPS) is 11.7. The number of ether oxygens (including phenoxy) is 1. The van der Waals surface area contributed by atoms with Gasteiger partial charge in [-0.25, -0.2) is 0 Å². The summed E-state index contributed by atoms with van der Waals surface area (Å²) in [4.78, 5) is 0. The predicted octanol–water partition coefficient (Wildman–Crippen LogP) is 6.02. The lowest BCUT2D eigenvalue weighted by atomic mass is 9.79. The summed E-state index contributed by atoms with van der Waals surface area (Å²) in [5.41, 5.74) is 5.34. The molecule has 25 heavy (non-hydrogen) atoms. The van der Waals surface area contributed by atoms with E-state index in [9.17, 15) is 0 Å². The maximum atomic E-state index is 6.68. The Bertz CT molecular complexity index is 753. The first-order chi connectivity index (χ1) is 12.0. The third kappa shape index (κ3) is 3.52. The average Bonchev–Trinajstić information content (AvgIpc) is 2.62. The van der Waals surface area contributed by atoms with E-state index in [2.05, 4.69) is 100 Å². The molecule has 0 aliphatic rings. The van der Waals surface area contributed by atoms with Crippen LogP contribution in [0.1, 0.15) is 41.7 Å². The second-order valence-electron chi connectivity index (χ2n) is 6.95. The van der Waals surface area contributed by atoms with Crippen LogP contribution in [0, 0.1) is 13.8 Å². The lowest BCUT2D eigenvalue weighted by Gasteiger charge is -2.37. The van der Waals surface area contributed by atoms with Crippen LogP contribution >= 0.6 is 0 Å². The summed E-state index contributed by atoms with van der Waals surface area (Å²) in [7, 11) is 0. The van der Waals surface area contributed by atoms with E-state index in [1.165, 1.54) is 11.1 Å². The molecule has 128 valence electrons. The van der Waals surface area contributed by atoms with Crippen molar-refractivity contribution in [2.75, 3.05) is 0 Å². The molecule has 0 saturated carbocycles. The van der Waals surface area contributed by atoms with Gasteiger partial charge in [-0.15, -0.1) is 0 Å². The van der Waals surface area contributed by atoms with E-state index in [1.54, 1.807) is 0 Å². The molecule has 3 aromatic rings. The van der Waals surface area contributed by atoms with E-state index in [1.807, 2.05) is 6.07 Å². The molecule has 0 spiro atoms. The van der Waals surface area contributed by atoms with E-state index in [-0.39, 0.29) is 6.10 Å². The molecule has 0 fully saturated rings. The molecule has 0 bridgehead atoms. The van der Waals surface area contributed by atoms with Crippen LogP contribution in [0.5, 0.6) is 0 Å². The fourth-order valence-electron chi connectivity index (χ4n) is 3.31. The molecule has 0 saturated heterocycles. The molecule has 0 atom stereocenters. The Labute approximate surface area is 151 Å². The summed E-state index contributed by atoms with van der Waals surface area (Å²) in [5.74, 6) is 0. The Morgan fingerprint density at radius 1 is 0.600 bits per heavy atom. The molecule has 0 aliphatic carbocycles. The Hall–Kier alpha value is -2.38. The van der Waals surface area contributed by atoms with Crippen LogP contribution in [-0.4, -0.2) is 6.10 Å². The summed E-state index contributed by atoms with van der Waals surface area (Å²) in [6, 6.07) is 27.9.